The summed E-state index contributed by atoms with van der Waals surface area (Å²) in [5.74, 6) is -0.510. The Bertz CT molecular complexity index is 722. The highest BCUT2D eigenvalue weighted by Crippen LogP contribution is 2.29. The van der Waals surface area contributed by atoms with Crippen LogP contribution in [0, 0.1) is 0 Å². The number of nitrogens with zero attached hydrogens (tertiary/aromatic N) is 4. The zero-order chi connectivity index (χ0) is 14.2. The highest BCUT2D eigenvalue weighted by Gasteiger charge is 2.38. The molecule has 0 aliphatic carbocycles. The zero-order valence-corrected chi connectivity index (χ0v) is 10.6. The van der Waals surface area contributed by atoms with E-state index in [1.807, 2.05) is 6.07 Å². The van der Waals surface area contributed by atoms with E-state index in [1.165, 1.54) is 0 Å². The van der Waals surface area contributed by atoms with Crippen LogP contribution in [0.15, 0.2) is 30.3 Å². The molecule has 0 spiro atoms. The first-order valence-corrected chi connectivity index (χ1v) is 6.32. The van der Waals surface area contributed by atoms with E-state index < -0.39 is 12.0 Å². The van der Waals surface area contributed by atoms with Crippen LogP contribution in [0.3, 0.4) is 0 Å². The summed E-state index contributed by atoms with van der Waals surface area (Å²) in [6.07, 6.45) is -4.58. The second-order valence-electron chi connectivity index (χ2n) is 3.81. The van der Waals surface area contributed by atoms with Gasteiger partial charge in [-0.15, -0.1) is 10.2 Å². The van der Waals surface area contributed by atoms with Gasteiger partial charge >= 0.3 is 6.18 Å². The first kappa shape index (κ1) is 12.9. The summed E-state index contributed by atoms with van der Waals surface area (Å²) >= 11 is 1.01. The molecule has 0 saturated carbocycles. The second-order valence-corrected chi connectivity index (χ2v) is 4.85. The topological polar surface area (TPSA) is 52.3 Å². The van der Waals surface area contributed by atoms with Crippen molar-refractivity contribution < 1.29 is 17.9 Å². The second kappa shape index (κ2) is 4.75. The molecule has 0 aliphatic heterocycles. The van der Waals surface area contributed by atoms with Gasteiger partial charge in [0.15, 0.2) is 5.01 Å². The molecule has 104 valence electrons. The van der Waals surface area contributed by atoms with Crippen LogP contribution in [0.5, 0.6) is 5.75 Å². The maximum atomic E-state index is 12.6. The van der Waals surface area contributed by atoms with Gasteiger partial charge in [0, 0.05) is 0 Å². The lowest BCUT2D eigenvalue weighted by molar-refractivity contribution is -0.146. The molecule has 0 saturated heterocycles. The Morgan fingerprint density at radius 3 is 2.60 bits per heavy atom. The molecule has 0 radical (unpaired) electrons. The minimum Gasteiger partial charge on any atom is -0.486 e. The minimum absolute atomic E-state index is 0.0787. The van der Waals surface area contributed by atoms with Gasteiger partial charge in [-0.3, -0.25) is 0 Å². The van der Waals surface area contributed by atoms with Gasteiger partial charge in [0.2, 0.25) is 4.96 Å². The lowest BCUT2D eigenvalue weighted by Gasteiger charge is -2.02. The number of aromatic nitrogens is 4. The maximum Gasteiger partial charge on any atom is 0.453 e. The van der Waals surface area contributed by atoms with Crippen LogP contribution in [0.25, 0.3) is 4.96 Å². The van der Waals surface area contributed by atoms with Gasteiger partial charge in [0.1, 0.15) is 12.4 Å². The van der Waals surface area contributed by atoms with Crippen molar-refractivity contribution in [1.82, 2.24) is 19.8 Å². The van der Waals surface area contributed by atoms with E-state index in [1.54, 1.807) is 24.3 Å². The van der Waals surface area contributed by atoms with Crippen molar-refractivity contribution in [3.63, 3.8) is 0 Å². The molecule has 2 heterocycles. The average molecular weight is 300 g/mol. The van der Waals surface area contributed by atoms with Crippen molar-refractivity contribution in [3.8, 4) is 5.75 Å². The molecule has 0 unspecified atom stereocenters. The van der Waals surface area contributed by atoms with E-state index in [2.05, 4.69) is 15.3 Å². The standard InChI is InChI=1S/C11H7F3N4OS/c12-11(13,14)9-15-16-10-18(9)17-8(20-10)6-19-7-4-2-1-3-5-7/h1-5H,6H2. The summed E-state index contributed by atoms with van der Waals surface area (Å²) in [7, 11) is 0. The Morgan fingerprint density at radius 2 is 1.90 bits per heavy atom. The van der Waals surface area contributed by atoms with Gasteiger partial charge in [-0.25, -0.2) is 0 Å². The zero-order valence-electron chi connectivity index (χ0n) is 9.83. The van der Waals surface area contributed by atoms with Gasteiger partial charge in [0.25, 0.3) is 5.82 Å². The van der Waals surface area contributed by atoms with E-state index in [4.69, 9.17) is 4.74 Å². The van der Waals surface area contributed by atoms with E-state index >= 15 is 0 Å². The van der Waals surface area contributed by atoms with Crippen LogP contribution in [0.4, 0.5) is 13.2 Å². The summed E-state index contributed by atoms with van der Waals surface area (Å²) in [5.41, 5.74) is 0. The largest absolute Gasteiger partial charge is 0.486 e. The summed E-state index contributed by atoms with van der Waals surface area (Å²) < 4.78 is 44.0. The number of halogens is 3. The van der Waals surface area contributed by atoms with Crippen molar-refractivity contribution in [2.45, 2.75) is 12.8 Å². The van der Waals surface area contributed by atoms with Crippen molar-refractivity contribution in [1.29, 1.82) is 0 Å². The number of para-hydroxylation sites is 1. The third-order valence-electron chi connectivity index (χ3n) is 2.39. The fourth-order valence-corrected chi connectivity index (χ4v) is 2.30. The molecule has 0 amide bonds. The van der Waals surface area contributed by atoms with Crippen LogP contribution in [0.1, 0.15) is 10.8 Å². The molecule has 0 atom stereocenters. The Kier molecular flexibility index (Phi) is 3.05. The molecule has 9 heteroatoms. The quantitative estimate of drug-likeness (QED) is 0.746. The van der Waals surface area contributed by atoms with Crippen molar-refractivity contribution in [3.05, 3.63) is 41.2 Å². The van der Waals surface area contributed by atoms with E-state index in [0.29, 0.717) is 15.3 Å². The normalized spacial score (nSPS) is 11.9. The van der Waals surface area contributed by atoms with Crippen LogP contribution < -0.4 is 4.74 Å². The fraction of sp³-hybridized carbons (Fsp3) is 0.182. The monoisotopic (exact) mass is 300 g/mol. The Balaban J connectivity index is 1.82. The Hall–Kier alpha value is -2.16. The molecular weight excluding hydrogens is 293 g/mol. The number of benzene rings is 1. The van der Waals surface area contributed by atoms with Crippen molar-refractivity contribution in [2.24, 2.45) is 0 Å². The van der Waals surface area contributed by atoms with Crippen molar-refractivity contribution in [2.75, 3.05) is 0 Å². The molecule has 0 fully saturated rings. The number of alkyl halides is 3. The molecule has 3 rings (SSSR count). The first-order chi connectivity index (χ1) is 9.54. The van der Waals surface area contributed by atoms with Gasteiger partial charge in [0.05, 0.1) is 0 Å². The summed E-state index contributed by atoms with van der Waals surface area (Å²) in [6.45, 7) is 0.0787. The van der Waals surface area contributed by atoms with Crippen LogP contribution >= 0.6 is 11.3 Å². The summed E-state index contributed by atoms with van der Waals surface area (Å²) in [4.78, 5) is 0.0870. The van der Waals surface area contributed by atoms with Gasteiger partial charge < -0.3 is 4.74 Å². The van der Waals surface area contributed by atoms with E-state index in [-0.39, 0.29) is 11.6 Å². The van der Waals surface area contributed by atoms with E-state index in [9.17, 15) is 13.2 Å². The van der Waals surface area contributed by atoms with E-state index in [0.717, 1.165) is 11.3 Å². The molecule has 1 aromatic carbocycles. The van der Waals surface area contributed by atoms with Crippen molar-refractivity contribution >= 4 is 16.3 Å². The number of rotatable bonds is 3. The fourth-order valence-electron chi connectivity index (χ4n) is 1.55. The maximum absolute atomic E-state index is 12.6. The smallest absolute Gasteiger partial charge is 0.453 e. The molecule has 3 aromatic rings. The first-order valence-electron chi connectivity index (χ1n) is 5.50. The lowest BCUT2D eigenvalue weighted by Crippen LogP contribution is -2.11. The summed E-state index contributed by atoms with van der Waals surface area (Å²) in [6, 6.07) is 8.94. The number of fused-ring (bicyclic) bond motifs is 1. The predicted octanol–water partition coefficient (Wildman–Crippen LogP) is 2.78. The Morgan fingerprint density at radius 1 is 1.15 bits per heavy atom. The van der Waals surface area contributed by atoms with Crippen LogP contribution in [-0.4, -0.2) is 19.8 Å². The molecular formula is C11H7F3N4OS. The van der Waals surface area contributed by atoms with Crippen LogP contribution in [-0.2, 0) is 12.8 Å². The highest BCUT2D eigenvalue weighted by molar-refractivity contribution is 7.16. The molecule has 5 nitrogen and oxygen atoms in total. The van der Waals surface area contributed by atoms with Gasteiger partial charge in [-0.05, 0) is 12.1 Å². The molecule has 2 aromatic heterocycles. The predicted molar refractivity (Wildman–Crippen MR) is 64.4 cm³/mol. The molecule has 0 aliphatic rings. The molecule has 0 N–H and O–H groups in total. The third-order valence-corrected chi connectivity index (χ3v) is 3.26. The molecule has 20 heavy (non-hydrogen) atoms. The van der Waals surface area contributed by atoms with Gasteiger partial charge in [-0.1, -0.05) is 29.5 Å². The SMILES string of the molecule is FC(F)(F)c1nnc2sc(COc3ccccc3)nn12. The Labute approximate surface area is 114 Å². The molecule has 0 bridgehead atoms. The summed E-state index contributed by atoms with van der Waals surface area (Å²) in [5, 5.41) is 10.7. The number of ether oxygens (including phenoxy) is 1. The third kappa shape index (κ3) is 2.44. The van der Waals surface area contributed by atoms with Gasteiger partial charge in [-0.2, -0.15) is 22.8 Å². The minimum atomic E-state index is -4.58. The highest BCUT2D eigenvalue weighted by atomic mass is 32.1. The van der Waals surface area contributed by atoms with Crippen LogP contribution in [0.2, 0.25) is 0 Å². The lowest BCUT2D eigenvalue weighted by atomic mass is 10.3. The average Bonchev–Trinajstić information content (AvgIpc) is 2.95. The number of hydrogen-bond donors (Lipinski definition) is 0. The number of hydrogen-bond acceptors (Lipinski definition) is 5.